The number of hydrazine groups is 1. The van der Waals surface area contributed by atoms with Crippen LogP contribution < -0.4 is 5.43 Å². The normalized spacial score (nSPS) is 18.6. The van der Waals surface area contributed by atoms with E-state index in [-0.39, 0.29) is 5.91 Å². The summed E-state index contributed by atoms with van der Waals surface area (Å²) < 4.78 is 5.12. The van der Waals surface area contributed by atoms with Crippen molar-refractivity contribution >= 4 is 5.91 Å². The topological polar surface area (TPSA) is 48.7 Å². The van der Waals surface area contributed by atoms with Crippen LogP contribution in [0.1, 0.15) is 5.76 Å². The molecule has 0 unspecified atom stereocenters. The summed E-state index contributed by atoms with van der Waals surface area (Å²) in [6.07, 6.45) is 1.89. The smallest absolute Gasteiger partial charge is 0.241 e. The highest BCUT2D eigenvalue weighted by atomic mass is 16.3. The number of nitrogens with zero attached hydrogens (tertiary/aromatic N) is 2. The molecule has 1 amide bonds. The van der Waals surface area contributed by atoms with Crippen molar-refractivity contribution in [2.24, 2.45) is 0 Å². The van der Waals surface area contributed by atoms with Crippen LogP contribution in [0.4, 0.5) is 0 Å². The van der Waals surface area contributed by atoms with Crippen LogP contribution in [0.15, 0.2) is 22.8 Å². The summed E-state index contributed by atoms with van der Waals surface area (Å²) in [6.45, 7) is 3.73. The lowest BCUT2D eigenvalue weighted by molar-refractivity contribution is -0.126. The summed E-state index contributed by atoms with van der Waals surface area (Å²) in [5.74, 6) is 0.686. The minimum absolute atomic E-state index is 0.0143. The Bertz CT molecular complexity index is 329. The molecule has 0 radical (unpaired) electrons. The van der Waals surface area contributed by atoms with E-state index in [0.717, 1.165) is 26.2 Å². The minimum atomic E-state index is -0.0143. The largest absolute Gasteiger partial charge is 0.469 e. The first-order chi connectivity index (χ1) is 7.74. The standard InChI is InChI=1S/C11H17N3O2/c1-13-4-6-14(7-5-13)12-11(15)9-10-3-2-8-16-10/h2-3,8H,4-7,9H2,1H3,(H,12,15). The van der Waals surface area contributed by atoms with Crippen LogP contribution in [0.5, 0.6) is 0 Å². The van der Waals surface area contributed by atoms with Crippen molar-refractivity contribution in [1.82, 2.24) is 15.3 Å². The van der Waals surface area contributed by atoms with Gasteiger partial charge >= 0.3 is 0 Å². The molecule has 0 atom stereocenters. The summed E-state index contributed by atoms with van der Waals surface area (Å²) in [5.41, 5.74) is 2.89. The first-order valence-corrected chi connectivity index (χ1v) is 5.49. The zero-order valence-electron chi connectivity index (χ0n) is 9.48. The van der Waals surface area contributed by atoms with Crippen molar-refractivity contribution < 1.29 is 9.21 Å². The summed E-state index contributed by atoms with van der Waals surface area (Å²) in [4.78, 5) is 13.9. The fourth-order valence-corrected chi connectivity index (χ4v) is 1.71. The van der Waals surface area contributed by atoms with Crippen molar-refractivity contribution in [2.75, 3.05) is 33.2 Å². The van der Waals surface area contributed by atoms with Gasteiger partial charge in [0.2, 0.25) is 5.91 Å². The molecule has 5 nitrogen and oxygen atoms in total. The number of carbonyl (C=O) groups is 1. The van der Waals surface area contributed by atoms with Crippen molar-refractivity contribution in [1.29, 1.82) is 0 Å². The van der Waals surface area contributed by atoms with Gasteiger partial charge in [-0.1, -0.05) is 0 Å². The predicted molar refractivity (Wildman–Crippen MR) is 59.6 cm³/mol. The zero-order chi connectivity index (χ0) is 11.4. The molecule has 0 bridgehead atoms. The third-order valence-electron chi connectivity index (χ3n) is 2.70. The SMILES string of the molecule is CN1CCN(NC(=O)Cc2ccco2)CC1. The number of furan rings is 1. The van der Waals surface area contributed by atoms with Gasteiger partial charge in [-0.15, -0.1) is 0 Å². The summed E-state index contributed by atoms with van der Waals surface area (Å²) >= 11 is 0. The van der Waals surface area contributed by atoms with E-state index in [1.54, 1.807) is 12.3 Å². The van der Waals surface area contributed by atoms with Crippen LogP contribution in [0.3, 0.4) is 0 Å². The van der Waals surface area contributed by atoms with Crippen LogP contribution in [0.25, 0.3) is 0 Å². The van der Waals surface area contributed by atoms with E-state index in [2.05, 4.69) is 17.4 Å². The Morgan fingerprint density at radius 3 is 2.81 bits per heavy atom. The molecule has 0 aromatic carbocycles. The van der Waals surface area contributed by atoms with Crippen molar-refractivity contribution in [2.45, 2.75) is 6.42 Å². The molecule has 0 aliphatic carbocycles. The molecule has 16 heavy (non-hydrogen) atoms. The Kier molecular flexibility index (Phi) is 3.58. The van der Waals surface area contributed by atoms with Gasteiger partial charge in [0, 0.05) is 26.2 Å². The van der Waals surface area contributed by atoms with Crippen molar-refractivity contribution in [3.63, 3.8) is 0 Å². The number of amides is 1. The molecule has 0 spiro atoms. The molecule has 88 valence electrons. The van der Waals surface area contributed by atoms with Gasteiger partial charge < -0.3 is 9.32 Å². The Labute approximate surface area is 95.0 Å². The number of rotatable bonds is 3. The predicted octanol–water partition coefficient (Wildman–Crippen LogP) is 0.101. The number of piperazine rings is 1. The zero-order valence-corrected chi connectivity index (χ0v) is 9.48. The number of hydrogen-bond donors (Lipinski definition) is 1. The van der Waals surface area contributed by atoms with Crippen LogP contribution in [0, 0.1) is 0 Å². The number of likely N-dealkylation sites (N-methyl/N-ethyl adjacent to an activating group) is 1. The lowest BCUT2D eigenvalue weighted by atomic mass is 10.3. The monoisotopic (exact) mass is 223 g/mol. The summed E-state index contributed by atoms with van der Waals surface area (Å²) in [6, 6.07) is 3.60. The minimum Gasteiger partial charge on any atom is -0.469 e. The molecule has 2 heterocycles. The van der Waals surface area contributed by atoms with Crippen LogP contribution in [-0.2, 0) is 11.2 Å². The molecule has 1 aromatic heterocycles. The van der Waals surface area contributed by atoms with Gasteiger partial charge in [0.25, 0.3) is 0 Å². The van der Waals surface area contributed by atoms with Crippen LogP contribution in [-0.4, -0.2) is 49.0 Å². The van der Waals surface area contributed by atoms with E-state index in [4.69, 9.17) is 4.42 Å². The highest BCUT2D eigenvalue weighted by Gasteiger charge is 2.16. The lowest BCUT2D eigenvalue weighted by Gasteiger charge is -2.32. The third kappa shape index (κ3) is 3.08. The molecule has 1 aliphatic rings. The molecule has 1 aromatic rings. The number of nitrogens with one attached hydrogen (secondary N) is 1. The molecular weight excluding hydrogens is 206 g/mol. The van der Waals surface area contributed by atoms with Crippen LogP contribution in [0.2, 0.25) is 0 Å². The third-order valence-corrected chi connectivity index (χ3v) is 2.70. The maximum Gasteiger partial charge on any atom is 0.241 e. The average Bonchev–Trinajstić information content (AvgIpc) is 2.74. The molecular formula is C11H17N3O2. The van der Waals surface area contributed by atoms with E-state index in [0.29, 0.717) is 12.2 Å². The lowest BCUT2D eigenvalue weighted by Crippen LogP contribution is -2.52. The quantitative estimate of drug-likeness (QED) is 0.789. The van der Waals surface area contributed by atoms with E-state index < -0.39 is 0 Å². The van der Waals surface area contributed by atoms with Gasteiger partial charge in [-0.05, 0) is 19.2 Å². The van der Waals surface area contributed by atoms with Gasteiger partial charge in [0.15, 0.2) is 0 Å². The molecule has 1 saturated heterocycles. The highest BCUT2D eigenvalue weighted by Crippen LogP contribution is 2.01. The maximum atomic E-state index is 11.6. The number of carbonyl (C=O) groups excluding carboxylic acids is 1. The van der Waals surface area contributed by atoms with E-state index in [1.807, 2.05) is 11.1 Å². The van der Waals surface area contributed by atoms with Gasteiger partial charge in [-0.25, -0.2) is 5.01 Å². The fraction of sp³-hybridized carbons (Fsp3) is 0.545. The van der Waals surface area contributed by atoms with E-state index in [1.165, 1.54) is 0 Å². The van der Waals surface area contributed by atoms with Gasteiger partial charge in [0.05, 0.1) is 12.7 Å². The molecule has 1 N–H and O–H groups in total. The highest BCUT2D eigenvalue weighted by molar-refractivity contribution is 5.77. The second-order valence-electron chi connectivity index (χ2n) is 4.08. The Morgan fingerprint density at radius 2 is 2.19 bits per heavy atom. The first-order valence-electron chi connectivity index (χ1n) is 5.49. The molecule has 5 heteroatoms. The van der Waals surface area contributed by atoms with Crippen LogP contribution >= 0.6 is 0 Å². The van der Waals surface area contributed by atoms with Gasteiger partial charge in [0.1, 0.15) is 5.76 Å². The maximum absolute atomic E-state index is 11.6. The van der Waals surface area contributed by atoms with E-state index in [9.17, 15) is 4.79 Å². The Balaban J connectivity index is 1.75. The average molecular weight is 223 g/mol. The second-order valence-corrected chi connectivity index (χ2v) is 4.08. The van der Waals surface area contributed by atoms with Gasteiger partial charge in [-0.3, -0.25) is 10.2 Å². The summed E-state index contributed by atoms with van der Waals surface area (Å²) in [7, 11) is 2.09. The first kappa shape index (κ1) is 11.2. The molecule has 1 fully saturated rings. The van der Waals surface area contributed by atoms with Gasteiger partial charge in [-0.2, -0.15) is 0 Å². The van der Waals surface area contributed by atoms with E-state index >= 15 is 0 Å². The van der Waals surface area contributed by atoms with Crippen molar-refractivity contribution in [3.05, 3.63) is 24.2 Å². The second kappa shape index (κ2) is 5.14. The Hall–Kier alpha value is -1.33. The number of hydrogen-bond acceptors (Lipinski definition) is 4. The summed E-state index contributed by atoms with van der Waals surface area (Å²) in [5, 5.41) is 1.96. The fourth-order valence-electron chi connectivity index (χ4n) is 1.71. The molecule has 1 aliphatic heterocycles. The van der Waals surface area contributed by atoms with Crippen molar-refractivity contribution in [3.8, 4) is 0 Å². The Morgan fingerprint density at radius 1 is 1.44 bits per heavy atom. The molecule has 0 saturated carbocycles. The molecule has 2 rings (SSSR count).